The van der Waals surface area contributed by atoms with Gasteiger partial charge in [-0.25, -0.2) is 0 Å². The van der Waals surface area contributed by atoms with Gasteiger partial charge in [-0.3, -0.25) is 4.90 Å². The third-order valence-electron chi connectivity index (χ3n) is 6.47. The number of hydrogen-bond donors (Lipinski definition) is 0. The van der Waals surface area contributed by atoms with E-state index in [1.807, 2.05) is 12.1 Å². The van der Waals surface area contributed by atoms with Gasteiger partial charge in [0.1, 0.15) is 0 Å². The molecule has 2 aromatic carbocycles. The zero-order valence-corrected chi connectivity index (χ0v) is 16.3. The largest absolute Gasteiger partial charge is 0.493 e. The van der Waals surface area contributed by atoms with Crippen LogP contribution in [0.1, 0.15) is 47.6 Å². The first-order chi connectivity index (χ1) is 13.1. The normalized spacial score (nSPS) is 20.9. The Morgan fingerprint density at radius 1 is 1.11 bits per heavy atom. The van der Waals surface area contributed by atoms with E-state index in [0.29, 0.717) is 0 Å². The summed E-state index contributed by atoms with van der Waals surface area (Å²) in [6.45, 7) is 1.00. The van der Waals surface area contributed by atoms with Crippen LogP contribution in [0.15, 0.2) is 36.4 Å². The highest BCUT2D eigenvalue weighted by molar-refractivity contribution is 5.53. The number of hydrogen-bond acceptors (Lipinski definition) is 4. The maximum Gasteiger partial charge on any atom is 0.161 e. The summed E-state index contributed by atoms with van der Waals surface area (Å²) in [5.41, 5.74) is 4.62. The SMILES string of the molecule is COc1cc2c(cc1OC)C(C1(c3ccccc3C#N)CCC1)N(C)CC2. The van der Waals surface area contributed by atoms with Crippen molar-refractivity contribution in [1.82, 2.24) is 4.90 Å². The van der Waals surface area contributed by atoms with Crippen molar-refractivity contribution < 1.29 is 9.47 Å². The van der Waals surface area contributed by atoms with Crippen LogP contribution in [-0.4, -0.2) is 32.7 Å². The van der Waals surface area contributed by atoms with E-state index < -0.39 is 0 Å². The Kier molecular flexibility index (Phi) is 4.57. The van der Waals surface area contributed by atoms with E-state index in [4.69, 9.17) is 9.47 Å². The quantitative estimate of drug-likeness (QED) is 0.817. The Bertz CT molecular complexity index is 896. The average molecular weight is 362 g/mol. The van der Waals surface area contributed by atoms with Gasteiger partial charge in [-0.15, -0.1) is 0 Å². The van der Waals surface area contributed by atoms with Crippen molar-refractivity contribution in [3.63, 3.8) is 0 Å². The second-order valence-electron chi connectivity index (χ2n) is 7.71. The Hall–Kier alpha value is -2.51. The third-order valence-corrected chi connectivity index (χ3v) is 6.47. The number of ether oxygens (including phenoxy) is 2. The molecular formula is C23H26N2O2. The molecule has 1 aliphatic heterocycles. The summed E-state index contributed by atoms with van der Waals surface area (Å²) in [5.74, 6) is 1.57. The van der Waals surface area contributed by atoms with Gasteiger partial charge in [0.15, 0.2) is 11.5 Å². The van der Waals surface area contributed by atoms with Crippen LogP contribution in [0.4, 0.5) is 0 Å². The van der Waals surface area contributed by atoms with E-state index in [1.165, 1.54) is 23.1 Å². The molecule has 0 radical (unpaired) electrons. The molecule has 0 amide bonds. The van der Waals surface area contributed by atoms with E-state index in [0.717, 1.165) is 42.9 Å². The van der Waals surface area contributed by atoms with Crippen molar-refractivity contribution in [1.29, 1.82) is 5.26 Å². The first kappa shape index (κ1) is 17.9. The van der Waals surface area contributed by atoms with Crippen LogP contribution in [0.2, 0.25) is 0 Å². The topological polar surface area (TPSA) is 45.5 Å². The second-order valence-corrected chi connectivity index (χ2v) is 7.71. The van der Waals surface area contributed by atoms with Gasteiger partial charge in [-0.1, -0.05) is 24.6 Å². The van der Waals surface area contributed by atoms with Crippen molar-refractivity contribution in [3.05, 3.63) is 58.7 Å². The minimum absolute atomic E-state index is 0.0180. The molecule has 0 bridgehead atoms. The highest BCUT2D eigenvalue weighted by Crippen LogP contribution is 2.57. The molecule has 2 aromatic rings. The number of nitrogens with zero attached hydrogens (tertiary/aromatic N) is 2. The summed E-state index contributed by atoms with van der Waals surface area (Å²) in [5, 5.41) is 9.71. The van der Waals surface area contributed by atoms with Crippen LogP contribution in [0.25, 0.3) is 0 Å². The number of nitriles is 1. The van der Waals surface area contributed by atoms with Gasteiger partial charge in [0, 0.05) is 18.0 Å². The lowest BCUT2D eigenvalue weighted by molar-refractivity contribution is 0.0712. The highest BCUT2D eigenvalue weighted by atomic mass is 16.5. The van der Waals surface area contributed by atoms with E-state index in [9.17, 15) is 5.26 Å². The van der Waals surface area contributed by atoms with Crippen LogP contribution in [0.5, 0.6) is 11.5 Å². The molecule has 0 spiro atoms. The van der Waals surface area contributed by atoms with Crippen molar-refractivity contribution in [2.24, 2.45) is 0 Å². The lowest BCUT2D eigenvalue weighted by Crippen LogP contribution is -2.50. The average Bonchev–Trinajstić information content (AvgIpc) is 2.68. The van der Waals surface area contributed by atoms with Crippen molar-refractivity contribution in [2.75, 3.05) is 27.8 Å². The monoisotopic (exact) mass is 362 g/mol. The molecule has 0 N–H and O–H groups in total. The van der Waals surface area contributed by atoms with Gasteiger partial charge in [0.25, 0.3) is 0 Å². The number of rotatable bonds is 4. The molecule has 1 aliphatic carbocycles. The minimum Gasteiger partial charge on any atom is -0.493 e. The van der Waals surface area contributed by atoms with Gasteiger partial charge in [-0.05, 0) is 61.2 Å². The van der Waals surface area contributed by atoms with Crippen LogP contribution in [0, 0.1) is 11.3 Å². The molecule has 1 saturated carbocycles. The smallest absolute Gasteiger partial charge is 0.161 e. The molecule has 1 heterocycles. The minimum atomic E-state index is -0.0180. The van der Waals surface area contributed by atoms with E-state index in [1.54, 1.807) is 14.2 Å². The molecule has 2 aliphatic rings. The molecular weight excluding hydrogens is 336 g/mol. The Balaban J connectivity index is 1.90. The van der Waals surface area contributed by atoms with Gasteiger partial charge in [-0.2, -0.15) is 5.26 Å². The summed E-state index contributed by atoms with van der Waals surface area (Å²) in [6.07, 6.45) is 4.41. The molecule has 1 atom stereocenters. The molecule has 0 aromatic heterocycles. The predicted octanol–water partition coefficient (Wildman–Crippen LogP) is 4.23. The summed E-state index contributed by atoms with van der Waals surface area (Å²) >= 11 is 0. The molecule has 1 fully saturated rings. The maximum atomic E-state index is 9.71. The second kappa shape index (κ2) is 6.90. The van der Waals surface area contributed by atoms with Crippen LogP contribution in [0.3, 0.4) is 0 Å². The molecule has 4 rings (SSSR count). The predicted molar refractivity (Wildman–Crippen MR) is 105 cm³/mol. The van der Waals surface area contributed by atoms with Crippen LogP contribution >= 0.6 is 0 Å². The molecule has 1 unspecified atom stereocenters. The first-order valence-corrected chi connectivity index (χ1v) is 9.59. The molecule has 0 saturated heterocycles. The molecule has 4 heteroatoms. The molecule has 4 nitrogen and oxygen atoms in total. The molecule has 140 valence electrons. The highest BCUT2D eigenvalue weighted by Gasteiger charge is 2.50. The van der Waals surface area contributed by atoms with Crippen molar-refractivity contribution in [3.8, 4) is 17.6 Å². The van der Waals surface area contributed by atoms with Crippen molar-refractivity contribution >= 4 is 0 Å². The van der Waals surface area contributed by atoms with Crippen LogP contribution < -0.4 is 9.47 Å². The van der Waals surface area contributed by atoms with E-state index in [-0.39, 0.29) is 11.5 Å². The first-order valence-electron chi connectivity index (χ1n) is 9.59. The zero-order chi connectivity index (χ0) is 19.0. The Morgan fingerprint density at radius 2 is 1.81 bits per heavy atom. The standard InChI is InChI=1S/C23H26N2O2/c1-25-12-9-16-13-20(26-2)21(27-3)14-18(16)22(25)23(10-6-11-23)19-8-5-4-7-17(19)15-24/h4-5,7-8,13-14,22H,6,9-12H2,1-3H3. The lowest BCUT2D eigenvalue weighted by atomic mass is 9.56. The number of fused-ring (bicyclic) bond motifs is 1. The summed E-state index contributed by atoms with van der Waals surface area (Å²) < 4.78 is 11.1. The Morgan fingerprint density at radius 3 is 2.44 bits per heavy atom. The summed E-state index contributed by atoms with van der Waals surface area (Å²) in [6, 6.07) is 15.1. The van der Waals surface area contributed by atoms with Gasteiger partial charge < -0.3 is 9.47 Å². The number of methoxy groups -OCH3 is 2. The maximum absolute atomic E-state index is 9.71. The zero-order valence-electron chi connectivity index (χ0n) is 16.3. The fourth-order valence-corrected chi connectivity index (χ4v) is 5.05. The fraction of sp³-hybridized carbons (Fsp3) is 0.435. The molecule has 27 heavy (non-hydrogen) atoms. The van der Waals surface area contributed by atoms with E-state index in [2.05, 4.69) is 42.3 Å². The summed E-state index contributed by atoms with van der Waals surface area (Å²) in [7, 11) is 5.59. The fourth-order valence-electron chi connectivity index (χ4n) is 5.05. The van der Waals surface area contributed by atoms with Gasteiger partial charge in [0.2, 0.25) is 0 Å². The summed E-state index contributed by atoms with van der Waals surface area (Å²) in [4.78, 5) is 2.46. The van der Waals surface area contributed by atoms with Gasteiger partial charge in [0.05, 0.1) is 25.9 Å². The lowest BCUT2D eigenvalue weighted by Gasteiger charge is -2.54. The third kappa shape index (κ3) is 2.69. The number of benzene rings is 2. The van der Waals surface area contributed by atoms with Crippen LogP contribution in [-0.2, 0) is 11.8 Å². The number of likely N-dealkylation sites (N-methyl/N-ethyl adjacent to an activating group) is 1. The van der Waals surface area contributed by atoms with Gasteiger partial charge >= 0.3 is 0 Å². The Labute approximate surface area is 161 Å². The van der Waals surface area contributed by atoms with E-state index >= 15 is 0 Å². The van der Waals surface area contributed by atoms with Crippen molar-refractivity contribution in [2.45, 2.75) is 37.1 Å².